The number of carbonyl (C=O) groups is 2. The van der Waals surface area contributed by atoms with Crippen molar-refractivity contribution in [3.8, 4) is 0 Å². The van der Waals surface area contributed by atoms with Crippen LogP contribution in [0.25, 0.3) is 11.0 Å². The average molecular weight is 538 g/mol. The third-order valence-electron chi connectivity index (χ3n) is 7.77. The molecular formula is C31H43N3O3S. The van der Waals surface area contributed by atoms with Crippen LogP contribution in [0.3, 0.4) is 0 Å². The predicted octanol–water partition coefficient (Wildman–Crippen LogP) is 6.83. The van der Waals surface area contributed by atoms with Gasteiger partial charge in [-0.15, -0.1) is 11.3 Å². The van der Waals surface area contributed by atoms with Crippen LogP contribution in [0, 0.1) is 17.8 Å². The molecule has 2 aromatic heterocycles. The SMILES string of the molecule is CCC(CC)n1c(Cc2cccs2)nc2cc(C(=O)C[C@@H](CC(C)C)C(=O)NCC3CCOCC3)ccc21. The first-order chi connectivity index (χ1) is 18.4. The van der Waals surface area contributed by atoms with Gasteiger partial charge in [-0.05, 0) is 73.6 Å². The molecule has 1 fully saturated rings. The molecule has 1 amide bonds. The number of nitrogens with one attached hydrogen (secondary N) is 1. The van der Waals surface area contributed by atoms with Gasteiger partial charge in [0.05, 0.1) is 11.0 Å². The zero-order valence-electron chi connectivity index (χ0n) is 23.4. The van der Waals surface area contributed by atoms with Crippen molar-refractivity contribution < 1.29 is 14.3 Å². The van der Waals surface area contributed by atoms with Crippen LogP contribution in [0.15, 0.2) is 35.7 Å². The number of carbonyl (C=O) groups excluding carboxylic acids is 2. The van der Waals surface area contributed by atoms with E-state index in [2.05, 4.69) is 61.2 Å². The van der Waals surface area contributed by atoms with E-state index in [-0.39, 0.29) is 24.0 Å². The van der Waals surface area contributed by atoms with Gasteiger partial charge in [-0.1, -0.05) is 33.8 Å². The zero-order chi connectivity index (χ0) is 27.1. The van der Waals surface area contributed by atoms with Crippen molar-refractivity contribution in [2.24, 2.45) is 17.8 Å². The van der Waals surface area contributed by atoms with Gasteiger partial charge in [-0.2, -0.15) is 0 Å². The molecule has 1 saturated heterocycles. The minimum atomic E-state index is -0.324. The summed E-state index contributed by atoms with van der Waals surface area (Å²) < 4.78 is 7.81. The van der Waals surface area contributed by atoms with Crippen molar-refractivity contribution in [1.29, 1.82) is 0 Å². The molecular weight excluding hydrogens is 494 g/mol. The predicted molar refractivity (Wildman–Crippen MR) is 155 cm³/mol. The number of fused-ring (bicyclic) bond motifs is 1. The van der Waals surface area contributed by atoms with E-state index >= 15 is 0 Å². The lowest BCUT2D eigenvalue weighted by Gasteiger charge is -2.24. The molecule has 6 nitrogen and oxygen atoms in total. The van der Waals surface area contributed by atoms with E-state index in [4.69, 9.17) is 9.72 Å². The molecule has 4 rings (SSSR count). The van der Waals surface area contributed by atoms with Gasteiger partial charge in [0.2, 0.25) is 5.91 Å². The summed E-state index contributed by atoms with van der Waals surface area (Å²) in [5.74, 6) is 1.52. The first kappa shape index (κ1) is 28.5. The second kappa shape index (κ2) is 13.5. The number of thiophene rings is 1. The Kier molecular flexibility index (Phi) is 10.1. The summed E-state index contributed by atoms with van der Waals surface area (Å²) in [6.07, 6.45) is 5.72. The van der Waals surface area contributed by atoms with Gasteiger partial charge in [0.15, 0.2) is 5.78 Å². The third-order valence-corrected chi connectivity index (χ3v) is 8.65. The maximum atomic E-state index is 13.5. The summed E-state index contributed by atoms with van der Waals surface area (Å²) >= 11 is 1.75. The summed E-state index contributed by atoms with van der Waals surface area (Å²) in [4.78, 5) is 32.9. The van der Waals surface area contributed by atoms with E-state index in [0.717, 1.165) is 62.2 Å². The number of Topliss-reactive ketones (excluding diaryl/α,β-unsaturated/α-hetero) is 1. The first-order valence-corrected chi connectivity index (χ1v) is 15.2. The summed E-state index contributed by atoms with van der Waals surface area (Å²) in [6.45, 7) is 10.8. The van der Waals surface area contributed by atoms with E-state index in [9.17, 15) is 9.59 Å². The van der Waals surface area contributed by atoms with E-state index in [1.807, 2.05) is 12.1 Å². The second-order valence-corrected chi connectivity index (χ2v) is 12.1. The highest BCUT2D eigenvalue weighted by Gasteiger charge is 2.26. The van der Waals surface area contributed by atoms with E-state index in [1.165, 1.54) is 4.88 Å². The molecule has 206 valence electrons. The topological polar surface area (TPSA) is 73.2 Å². The van der Waals surface area contributed by atoms with E-state index in [1.54, 1.807) is 11.3 Å². The minimum Gasteiger partial charge on any atom is -0.381 e. The number of rotatable bonds is 13. The molecule has 1 aliphatic rings. The fourth-order valence-corrected chi connectivity index (χ4v) is 6.31. The number of nitrogens with zero attached hydrogens (tertiary/aromatic N) is 2. The second-order valence-electron chi connectivity index (χ2n) is 11.1. The smallest absolute Gasteiger partial charge is 0.223 e. The molecule has 0 aliphatic carbocycles. The molecule has 3 heterocycles. The van der Waals surface area contributed by atoms with Crippen LogP contribution in [-0.2, 0) is 16.0 Å². The molecule has 0 bridgehead atoms. The zero-order valence-corrected chi connectivity index (χ0v) is 24.2. The molecule has 1 aliphatic heterocycles. The van der Waals surface area contributed by atoms with Crippen molar-refractivity contribution in [3.05, 3.63) is 52.0 Å². The van der Waals surface area contributed by atoms with Crippen LogP contribution in [0.2, 0.25) is 0 Å². The van der Waals surface area contributed by atoms with E-state index in [0.29, 0.717) is 36.4 Å². The minimum absolute atomic E-state index is 0.00383. The summed E-state index contributed by atoms with van der Waals surface area (Å²) in [6, 6.07) is 10.5. The summed E-state index contributed by atoms with van der Waals surface area (Å²) in [5, 5.41) is 5.24. The normalized spacial score (nSPS) is 15.4. The van der Waals surface area contributed by atoms with Gasteiger partial charge >= 0.3 is 0 Å². The van der Waals surface area contributed by atoms with Crippen molar-refractivity contribution in [2.75, 3.05) is 19.8 Å². The van der Waals surface area contributed by atoms with Crippen molar-refractivity contribution in [2.45, 2.75) is 78.7 Å². The number of ether oxygens (including phenoxy) is 1. The summed E-state index contributed by atoms with van der Waals surface area (Å²) in [5.41, 5.74) is 2.58. The van der Waals surface area contributed by atoms with Crippen LogP contribution >= 0.6 is 11.3 Å². The molecule has 0 unspecified atom stereocenters. The monoisotopic (exact) mass is 537 g/mol. The third kappa shape index (κ3) is 7.11. The molecule has 3 aromatic rings. The maximum Gasteiger partial charge on any atom is 0.223 e. The first-order valence-electron chi connectivity index (χ1n) is 14.3. The molecule has 1 N–H and O–H groups in total. The van der Waals surface area contributed by atoms with Crippen LogP contribution in [0.1, 0.15) is 93.3 Å². The standard InChI is InChI=1S/C31H43N3O3S/c1-5-25(6-2)34-28-10-9-23(17-27(28)33-30(34)19-26-8-7-15-38-26)29(35)18-24(16-21(3)4)31(36)32-20-22-11-13-37-14-12-22/h7-10,15,17,21-22,24-25H,5-6,11-14,16,18-20H2,1-4H3,(H,32,36)/t24-/m1/s1. The van der Waals surface area contributed by atoms with Crippen LogP contribution in [0.5, 0.6) is 0 Å². The lowest BCUT2D eigenvalue weighted by Crippen LogP contribution is -2.37. The Morgan fingerprint density at radius 1 is 1.16 bits per heavy atom. The molecule has 7 heteroatoms. The highest BCUT2D eigenvalue weighted by atomic mass is 32.1. The van der Waals surface area contributed by atoms with Crippen LogP contribution < -0.4 is 5.32 Å². The number of hydrogen-bond donors (Lipinski definition) is 1. The maximum absolute atomic E-state index is 13.5. The Hall–Kier alpha value is -2.51. The van der Waals surface area contributed by atoms with Gasteiger partial charge < -0.3 is 14.6 Å². The van der Waals surface area contributed by atoms with Crippen molar-refractivity contribution in [3.63, 3.8) is 0 Å². The highest BCUT2D eigenvalue weighted by molar-refractivity contribution is 7.09. The lowest BCUT2D eigenvalue weighted by molar-refractivity contribution is -0.125. The lowest BCUT2D eigenvalue weighted by atomic mass is 9.89. The number of aromatic nitrogens is 2. The number of imidazole rings is 1. The largest absolute Gasteiger partial charge is 0.381 e. The van der Waals surface area contributed by atoms with Gasteiger partial charge in [0, 0.05) is 55.0 Å². The van der Waals surface area contributed by atoms with Gasteiger partial charge in [-0.3, -0.25) is 9.59 Å². The average Bonchev–Trinajstić information content (AvgIpc) is 3.55. The Morgan fingerprint density at radius 3 is 2.58 bits per heavy atom. The fraction of sp³-hybridized carbons (Fsp3) is 0.581. The molecule has 0 saturated carbocycles. The molecule has 1 aromatic carbocycles. The number of ketones is 1. The molecule has 0 radical (unpaired) electrons. The number of hydrogen-bond acceptors (Lipinski definition) is 5. The van der Waals surface area contributed by atoms with Crippen molar-refractivity contribution >= 4 is 34.1 Å². The Balaban J connectivity index is 1.53. The van der Waals surface area contributed by atoms with E-state index < -0.39 is 0 Å². The summed E-state index contributed by atoms with van der Waals surface area (Å²) in [7, 11) is 0. The number of amides is 1. The van der Waals surface area contributed by atoms with Crippen LogP contribution in [-0.4, -0.2) is 41.0 Å². The number of benzene rings is 1. The fourth-order valence-electron chi connectivity index (χ4n) is 5.61. The highest BCUT2D eigenvalue weighted by Crippen LogP contribution is 2.29. The van der Waals surface area contributed by atoms with Crippen LogP contribution in [0.4, 0.5) is 0 Å². The van der Waals surface area contributed by atoms with Crippen molar-refractivity contribution in [1.82, 2.24) is 14.9 Å². The Labute approximate surface area is 231 Å². The van der Waals surface area contributed by atoms with Gasteiger partial charge in [0.25, 0.3) is 0 Å². The quantitative estimate of drug-likeness (QED) is 0.243. The molecule has 0 spiro atoms. The van der Waals surface area contributed by atoms with Gasteiger partial charge in [-0.25, -0.2) is 4.98 Å². The molecule has 1 atom stereocenters. The Bertz CT molecular complexity index is 1190. The van der Waals surface area contributed by atoms with Gasteiger partial charge in [0.1, 0.15) is 5.82 Å². The Morgan fingerprint density at radius 2 is 1.92 bits per heavy atom. The molecule has 38 heavy (non-hydrogen) atoms.